The van der Waals surface area contributed by atoms with Crippen LogP contribution in [-0.4, -0.2) is 10.9 Å². The van der Waals surface area contributed by atoms with Gasteiger partial charge in [0.25, 0.3) is 0 Å². The van der Waals surface area contributed by atoms with Crippen LogP contribution in [0.2, 0.25) is 0 Å². The van der Waals surface area contributed by atoms with Crippen LogP contribution in [0, 0.1) is 5.92 Å². The molecule has 0 bridgehead atoms. The van der Waals surface area contributed by atoms with Gasteiger partial charge in [-0.25, -0.2) is 0 Å². The zero-order chi connectivity index (χ0) is 11.0. The third-order valence-electron chi connectivity index (χ3n) is 2.81. The smallest absolute Gasteiger partial charge is 0.227 e. The number of hydrogen-bond acceptors (Lipinski definition) is 2. The van der Waals surface area contributed by atoms with Gasteiger partial charge in [0.2, 0.25) is 5.91 Å². The molecule has 1 fully saturated rings. The van der Waals surface area contributed by atoms with Gasteiger partial charge >= 0.3 is 0 Å². The molecule has 1 N–H and O–H groups in total. The zero-order valence-corrected chi connectivity index (χ0v) is 8.81. The van der Waals surface area contributed by atoms with Crippen molar-refractivity contribution in [1.29, 1.82) is 0 Å². The summed E-state index contributed by atoms with van der Waals surface area (Å²) in [7, 11) is 0. The second-order valence-corrected chi connectivity index (χ2v) is 4.18. The molecule has 1 aromatic heterocycles. The van der Waals surface area contributed by atoms with Gasteiger partial charge in [-0.2, -0.15) is 0 Å². The van der Waals surface area contributed by atoms with Crippen molar-refractivity contribution < 1.29 is 4.79 Å². The Hall–Kier alpha value is -1.90. The fourth-order valence-corrected chi connectivity index (χ4v) is 1.73. The lowest BCUT2D eigenvalue weighted by atomic mass is 10.2. The molecule has 0 atom stereocenters. The van der Waals surface area contributed by atoms with Crippen LogP contribution in [0.4, 0.5) is 5.69 Å². The number of nitrogens with one attached hydrogen (secondary N) is 1. The summed E-state index contributed by atoms with van der Waals surface area (Å²) in [5, 5.41) is 3.95. The Morgan fingerprint density at radius 3 is 2.94 bits per heavy atom. The van der Waals surface area contributed by atoms with E-state index in [1.807, 2.05) is 30.3 Å². The van der Waals surface area contributed by atoms with Crippen molar-refractivity contribution in [3.05, 3.63) is 36.5 Å². The third-order valence-corrected chi connectivity index (χ3v) is 2.81. The van der Waals surface area contributed by atoms with Crippen LogP contribution in [0.5, 0.6) is 0 Å². The number of aromatic nitrogens is 1. The predicted molar refractivity (Wildman–Crippen MR) is 63.1 cm³/mol. The van der Waals surface area contributed by atoms with Gasteiger partial charge in [-0.3, -0.25) is 9.78 Å². The largest absolute Gasteiger partial charge is 0.324 e. The van der Waals surface area contributed by atoms with E-state index in [4.69, 9.17) is 0 Å². The predicted octanol–water partition coefficient (Wildman–Crippen LogP) is 2.58. The summed E-state index contributed by atoms with van der Waals surface area (Å²) in [4.78, 5) is 15.9. The molecule has 0 unspecified atom stereocenters. The lowest BCUT2D eigenvalue weighted by Gasteiger charge is -2.04. The van der Waals surface area contributed by atoms with E-state index >= 15 is 0 Å². The molecular weight excluding hydrogens is 200 g/mol. The second-order valence-electron chi connectivity index (χ2n) is 4.18. The van der Waals surface area contributed by atoms with Gasteiger partial charge in [0.1, 0.15) is 0 Å². The molecule has 0 aliphatic heterocycles. The Morgan fingerprint density at radius 1 is 1.31 bits per heavy atom. The summed E-state index contributed by atoms with van der Waals surface area (Å²) < 4.78 is 0. The summed E-state index contributed by atoms with van der Waals surface area (Å²) in [5.41, 5.74) is 1.74. The van der Waals surface area contributed by atoms with E-state index in [2.05, 4.69) is 10.3 Å². The molecule has 1 aromatic carbocycles. The fourth-order valence-electron chi connectivity index (χ4n) is 1.73. The number of pyridine rings is 1. The van der Waals surface area contributed by atoms with E-state index in [-0.39, 0.29) is 11.8 Å². The van der Waals surface area contributed by atoms with E-state index in [9.17, 15) is 4.79 Å². The summed E-state index contributed by atoms with van der Waals surface area (Å²) in [5.74, 6) is 0.351. The quantitative estimate of drug-likeness (QED) is 0.831. The molecule has 1 aliphatic carbocycles. The number of carbonyl (C=O) groups excluding carboxylic acids is 1. The van der Waals surface area contributed by atoms with Crippen molar-refractivity contribution in [3.8, 4) is 0 Å². The third kappa shape index (κ3) is 1.76. The number of hydrogen-bond donors (Lipinski definition) is 1. The molecule has 16 heavy (non-hydrogen) atoms. The highest BCUT2D eigenvalue weighted by Gasteiger charge is 2.29. The van der Waals surface area contributed by atoms with Gasteiger partial charge < -0.3 is 5.32 Å². The molecule has 3 rings (SSSR count). The van der Waals surface area contributed by atoms with Crippen molar-refractivity contribution in [2.24, 2.45) is 5.92 Å². The summed E-state index contributed by atoms with van der Waals surface area (Å²) in [6.07, 6.45) is 3.75. The molecule has 1 aliphatic rings. The van der Waals surface area contributed by atoms with E-state index in [1.165, 1.54) is 0 Å². The highest BCUT2D eigenvalue weighted by atomic mass is 16.2. The van der Waals surface area contributed by atoms with E-state index < -0.39 is 0 Å². The van der Waals surface area contributed by atoms with Crippen molar-refractivity contribution in [2.45, 2.75) is 12.8 Å². The van der Waals surface area contributed by atoms with Crippen LogP contribution in [0.1, 0.15) is 12.8 Å². The Labute approximate surface area is 93.5 Å². The number of anilines is 1. The van der Waals surface area contributed by atoms with E-state index in [1.54, 1.807) is 6.20 Å². The van der Waals surface area contributed by atoms with Crippen LogP contribution in [-0.2, 0) is 4.79 Å². The maximum absolute atomic E-state index is 11.6. The van der Waals surface area contributed by atoms with Crippen molar-refractivity contribution in [1.82, 2.24) is 4.98 Å². The van der Waals surface area contributed by atoms with Gasteiger partial charge in [-0.1, -0.05) is 18.2 Å². The van der Waals surface area contributed by atoms with Gasteiger partial charge in [0, 0.05) is 11.3 Å². The summed E-state index contributed by atoms with van der Waals surface area (Å²) >= 11 is 0. The lowest BCUT2D eigenvalue weighted by Crippen LogP contribution is -2.13. The first-order valence-electron chi connectivity index (χ1n) is 5.48. The van der Waals surface area contributed by atoms with Crippen LogP contribution in [0.15, 0.2) is 36.5 Å². The average molecular weight is 212 g/mol. The van der Waals surface area contributed by atoms with Crippen molar-refractivity contribution >= 4 is 22.5 Å². The van der Waals surface area contributed by atoms with Gasteiger partial charge in [-0.15, -0.1) is 0 Å². The van der Waals surface area contributed by atoms with Crippen molar-refractivity contribution in [2.75, 3.05) is 5.32 Å². The van der Waals surface area contributed by atoms with Crippen molar-refractivity contribution in [3.63, 3.8) is 0 Å². The number of amides is 1. The number of benzene rings is 1. The number of para-hydroxylation sites is 1. The molecule has 0 radical (unpaired) electrons. The lowest BCUT2D eigenvalue weighted by molar-refractivity contribution is -0.117. The molecule has 0 saturated heterocycles. The molecule has 3 nitrogen and oxygen atoms in total. The zero-order valence-electron chi connectivity index (χ0n) is 8.81. The number of rotatable bonds is 2. The summed E-state index contributed by atoms with van der Waals surface area (Å²) in [6, 6.07) is 9.84. The first kappa shape index (κ1) is 9.33. The van der Waals surface area contributed by atoms with Gasteiger partial charge in [0.05, 0.1) is 17.4 Å². The highest BCUT2D eigenvalue weighted by Crippen LogP contribution is 2.30. The minimum Gasteiger partial charge on any atom is -0.324 e. The van der Waals surface area contributed by atoms with Crippen LogP contribution >= 0.6 is 0 Å². The Morgan fingerprint density at radius 2 is 2.12 bits per heavy atom. The van der Waals surface area contributed by atoms with Gasteiger partial charge in [-0.05, 0) is 25.0 Å². The van der Waals surface area contributed by atoms with Crippen LogP contribution in [0.3, 0.4) is 0 Å². The SMILES string of the molecule is O=C(Nc1cnc2ccccc2c1)C1CC1. The van der Waals surface area contributed by atoms with Crippen LogP contribution in [0.25, 0.3) is 10.9 Å². The summed E-state index contributed by atoms with van der Waals surface area (Å²) in [6.45, 7) is 0. The Balaban J connectivity index is 1.89. The minimum atomic E-state index is 0.122. The second kappa shape index (κ2) is 3.59. The monoisotopic (exact) mass is 212 g/mol. The minimum absolute atomic E-state index is 0.122. The first-order chi connectivity index (χ1) is 7.83. The first-order valence-corrected chi connectivity index (χ1v) is 5.48. The van der Waals surface area contributed by atoms with E-state index in [0.717, 1.165) is 29.4 Å². The number of carbonyl (C=O) groups is 1. The molecular formula is C13H12N2O. The van der Waals surface area contributed by atoms with Crippen LogP contribution < -0.4 is 5.32 Å². The normalized spacial score (nSPS) is 15.0. The number of nitrogens with zero attached hydrogens (tertiary/aromatic N) is 1. The standard InChI is InChI=1S/C13H12N2O/c16-13(9-5-6-9)15-11-7-10-3-1-2-4-12(10)14-8-11/h1-4,7-9H,5-6H2,(H,15,16). The molecule has 2 aromatic rings. The molecule has 1 saturated carbocycles. The Kier molecular flexibility index (Phi) is 2.10. The maximum atomic E-state index is 11.6. The highest BCUT2D eigenvalue weighted by molar-refractivity contribution is 5.95. The van der Waals surface area contributed by atoms with E-state index in [0.29, 0.717) is 0 Å². The topological polar surface area (TPSA) is 42.0 Å². The number of fused-ring (bicyclic) bond motifs is 1. The molecule has 80 valence electrons. The molecule has 0 spiro atoms. The molecule has 1 heterocycles. The average Bonchev–Trinajstić information content (AvgIpc) is 3.12. The Bertz CT molecular complexity index is 546. The van der Waals surface area contributed by atoms with Gasteiger partial charge in [0.15, 0.2) is 0 Å². The molecule has 1 amide bonds. The maximum Gasteiger partial charge on any atom is 0.227 e. The molecule has 3 heteroatoms. The fraction of sp³-hybridized carbons (Fsp3) is 0.231.